The number of pyridine rings is 2. The number of nitrogens with zero attached hydrogens (tertiary/aromatic N) is 3. The molecule has 20 heavy (non-hydrogen) atoms. The number of anilines is 1. The number of halogens is 1. The highest BCUT2D eigenvalue weighted by Crippen LogP contribution is 2.23. The monoisotopic (exact) mass is 336 g/mol. The summed E-state index contributed by atoms with van der Waals surface area (Å²) < 4.78 is 0.948. The Morgan fingerprint density at radius 1 is 1.30 bits per heavy atom. The normalized spacial score (nSPS) is 13.2. The summed E-state index contributed by atoms with van der Waals surface area (Å²) in [5.41, 5.74) is 2.86. The van der Waals surface area contributed by atoms with Gasteiger partial charge in [0.1, 0.15) is 5.52 Å². The zero-order chi connectivity index (χ0) is 14.7. The molecule has 2 heterocycles. The smallest absolute Gasteiger partial charge is 0.112 e. The van der Waals surface area contributed by atoms with E-state index >= 15 is 0 Å². The van der Waals surface area contributed by atoms with Crippen molar-refractivity contribution < 1.29 is 0 Å². The fourth-order valence-corrected chi connectivity index (χ4v) is 2.46. The summed E-state index contributed by atoms with van der Waals surface area (Å²) in [5, 5.41) is 3.61. The molecule has 1 atom stereocenters. The van der Waals surface area contributed by atoms with E-state index in [2.05, 4.69) is 64.1 Å². The highest BCUT2D eigenvalue weighted by Gasteiger charge is 2.15. The van der Waals surface area contributed by atoms with Gasteiger partial charge in [0.2, 0.25) is 0 Å². The molecule has 0 saturated heterocycles. The first-order chi connectivity index (χ1) is 9.47. The van der Waals surface area contributed by atoms with Crippen LogP contribution in [0.15, 0.2) is 29.0 Å². The SMILES string of the molecule is CC(C)C(CN(C)C)Nc1ccnc2cc(Br)cnc12. The van der Waals surface area contributed by atoms with E-state index in [1.165, 1.54) is 0 Å². The number of likely N-dealkylation sites (N-methyl/N-ethyl adjacent to an activating group) is 1. The van der Waals surface area contributed by atoms with Crippen LogP contribution >= 0.6 is 15.9 Å². The van der Waals surface area contributed by atoms with E-state index in [0.717, 1.165) is 27.7 Å². The van der Waals surface area contributed by atoms with Gasteiger partial charge in [0.15, 0.2) is 0 Å². The van der Waals surface area contributed by atoms with Crippen LogP contribution in [0.4, 0.5) is 5.69 Å². The molecule has 0 bridgehead atoms. The predicted molar refractivity (Wildman–Crippen MR) is 88.0 cm³/mol. The summed E-state index contributed by atoms with van der Waals surface area (Å²) >= 11 is 3.43. The van der Waals surface area contributed by atoms with Gasteiger partial charge in [-0.05, 0) is 48.1 Å². The van der Waals surface area contributed by atoms with Gasteiger partial charge in [0.05, 0.1) is 11.2 Å². The molecule has 4 nitrogen and oxygen atoms in total. The second-order valence-corrected chi connectivity index (χ2v) is 6.55. The van der Waals surface area contributed by atoms with Crippen LogP contribution in [0, 0.1) is 5.92 Å². The minimum atomic E-state index is 0.376. The zero-order valence-corrected chi connectivity index (χ0v) is 14.0. The average molecular weight is 337 g/mol. The minimum Gasteiger partial charge on any atom is -0.379 e. The number of aromatic nitrogens is 2. The number of fused-ring (bicyclic) bond motifs is 1. The van der Waals surface area contributed by atoms with Crippen LogP contribution < -0.4 is 5.32 Å². The van der Waals surface area contributed by atoms with Crippen LogP contribution in [-0.4, -0.2) is 41.5 Å². The average Bonchev–Trinajstić information content (AvgIpc) is 2.37. The van der Waals surface area contributed by atoms with Gasteiger partial charge in [-0.25, -0.2) is 0 Å². The number of rotatable bonds is 5. The van der Waals surface area contributed by atoms with Crippen LogP contribution in [0.25, 0.3) is 11.0 Å². The van der Waals surface area contributed by atoms with Crippen molar-refractivity contribution >= 4 is 32.7 Å². The molecule has 0 aliphatic carbocycles. The lowest BCUT2D eigenvalue weighted by atomic mass is 10.0. The van der Waals surface area contributed by atoms with E-state index < -0.39 is 0 Å². The number of nitrogens with one attached hydrogen (secondary N) is 1. The maximum absolute atomic E-state index is 4.49. The van der Waals surface area contributed by atoms with E-state index in [4.69, 9.17) is 0 Å². The van der Waals surface area contributed by atoms with Crippen molar-refractivity contribution in [3.63, 3.8) is 0 Å². The Balaban J connectivity index is 2.32. The lowest BCUT2D eigenvalue weighted by Crippen LogP contribution is -2.36. The van der Waals surface area contributed by atoms with Gasteiger partial charge in [-0.3, -0.25) is 9.97 Å². The third-order valence-electron chi connectivity index (χ3n) is 3.25. The first-order valence-electron chi connectivity index (χ1n) is 6.79. The molecular formula is C15H21BrN4. The Morgan fingerprint density at radius 3 is 2.70 bits per heavy atom. The van der Waals surface area contributed by atoms with Crippen LogP contribution in [-0.2, 0) is 0 Å². The molecule has 2 aromatic heterocycles. The lowest BCUT2D eigenvalue weighted by Gasteiger charge is -2.26. The van der Waals surface area contributed by atoms with Crippen LogP contribution in [0.5, 0.6) is 0 Å². The largest absolute Gasteiger partial charge is 0.379 e. The summed E-state index contributed by atoms with van der Waals surface area (Å²) in [7, 11) is 4.19. The molecule has 2 rings (SSSR count). The zero-order valence-electron chi connectivity index (χ0n) is 12.4. The summed E-state index contributed by atoms with van der Waals surface area (Å²) in [6.07, 6.45) is 3.64. The van der Waals surface area contributed by atoms with Crippen molar-refractivity contribution in [1.29, 1.82) is 0 Å². The van der Waals surface area contributed by atoms with Crippen LogP contribution in [0.3, 0.4) is 0 Å². The van der Waals surface area contributed by atoms with E-state index in [0.29, 0.717) is 12.0 Å². The standard InChI is InChI=1S/C15H21BrN4/c1-10(2)14(9-20(3)4)19-12-5-6-17-13-7-11(16)8-18-15(12)13/h5-8,10,14H,9H2,1-4H3,(H,17,19). The van der Waals surface area contributed by atoms with E-state index in [1.807, 2.05) is 24.5 Å². The van der Waals surface area contributed by atoms with E-state index in [9.17, 15) is 0 Å². The van der Waals surface area contributed by atoms with Crippen molar-refractivity contribution in [3.8, 4) is 0 Å². The number of hydrogen-bond acceptors (Lipinski definition) is 4. The van der Waals surface area contributed by atoms with Crippen molar-refractivity contribution in [1.82, 2.24) is 14.9 Å². The van der Waals surface area contributed by atoms with E-state index in [1.54, 1.807) is 0 Å². The molecule has 0 aromatic carbocycles. The Labute approximate surface area is 128 Å². The lowest BCUT2D eigenvalue weighted by molar-refractivity contribution is 0.345. The fraction of sp³-hybridized carbons (Fsp3) is 0.467. The molecular weight excluding hydrogens is 316 g/mol. The second-order valence-electron chi connectivity index (χ2n) is 5.64. The van der Waals surface area contributed by atoms with Gasteiger partial charge < -0.3 is 10.2 Å². The Morgan fingerprint density at radius 2 is 2.05 bits per heavy atom. The molecule has 0 fully saturated rings. The van der Waals surface area contributed by atoms with Crippen LogP contribution in [0.2, 0.25) is 0 Å². The van der Waals surface area contributed by atoms with Gasteiger partial charge in [-0.2, -0.15) is 0 Å². The first kappa shape index (κ1) is 15.2. The third kappa shape index (κ3) is 3.67. The Bertz CT molecular complexity index is 583. The summed E-state index contributed by atoms with van der Waals surface area (Å²) in [4.78, 5) is 11.1. The van der Waals surface area contributed by atoms with Crippen molar-refractivity contribution in [3.05, 3.63) is 29.0 Å². The predicted octanol–water partition coefficient (Wildman–Crippen LogP) is 3.39. The summed E-state index contributed by atoms with van der Waals surface area (Å²) in [5.74, 6) is 0.538. The Hall–Kier alpha value is -1.20. The highest BCUT2D eigenvalue weighted by atomic mass is 79.9. The number of hydrogen-bond donors (Lipinski definition) is 1. The maximum Gasteiger partial charge on any atom is 0.112 e. The van der Waals surface area contributed by atoms with Crippen molar-refractivity contribution in [2.75, 3.05) is 26.0 Å². The second kappa shape index (κ2) is 6.50. The van der Waals surface area contributed by atoms with Crippen LogP contribution in [0.1, 0.15) is 13.8 Å². The topological polar surface area (TPSA) is 41.0 Å². The molecule has 0 aliphatic rings. The first-order valence-corrected chi connectivity index (χ1v) is 7.58. The molecule has 0 aliphatic heterocycles. The molecule has 108 valence electrons. The molecule has 0 radical (unpaired) electrons. The molecule has 0 spiro atoms. The summed E-state index contributed by atoms with van der Waals surface area (Å²) in [6.45, 7) is 5.45. The van der Waals surface area contributed by atoms with Gasteiger partial charge >= 0.3 is 0 Å². The minimum absolute atomic E-state index is 0.376. The molecule has 0 amide bonds. The molecule has 1 N–H and O–H groups in total. The molecule has 5 heteroatoms. The van der Waals surface area contributed by atoms with E-state index in [-0.39, 0.29) is 0 Å². The molecule has 1 unspecified atom stereocenters. The Kier molecular flexibility index (Phi) is 4.94. The van der Waals surface area contributed by atoms with Gasteiger partial charge in [0.25, 0.3) is 0 Å². The molecule has 0 saturated carbocycles. The van der Waals surface area contributed by atoms with Gasteiger partial charge in [-0.1, -0.05) is 13.8 Å². The van der Waals surface area contributed by atoms with Gasteiger partial charge in [0, 0.05) is 29.5 Å². The third-order valence-corrected chi connectivity index (χ3v) is 3.69. The van der Waals surface area contributed by atoms with Crippen molar-refractivity contribution in [2.24, 2.45) is 5.92 Å². The van der Waals surface area contributed by atoms with Gasteiger partial charge in [-0.15, -0.1) is 0 Å². The summed E-state index contributed by atoms with van der Waals surface area (Å²) in [6, 6.07) is 4.36. The quantitative estimate of drug-likeness (QED) is 0.908. The fourth-order valence-electron chi connectivity index (χ4n) is 2.14. The maximum atomic E-state index is 4.49. The molecule has 2 aromatic rings. The van der Waals surface area contributed by atoms with Crippen molar-refractivity contribution in [2.45, 2.75) is 19.9 Å². The highest BCUT2D eigenvalue weighted by molar-refractivity contribution is 9.10.